The fourth-order valence-corrected chi connectivity index (χ4v) is 1.29. The predicted octanol–water partition coefficient (Wildman–Crippen LogP) is 1.24. The molecular formula is C10H22N2O. The summed E-state index contributed by atoms with van der Waals surface area (Å²) in [5, 5.41) is 2.99. The first-order valence-electron chi connectivity index (χ1n) is 5.07. The van der Waals surface area contributed by atoms with E-state index in [1.165, 1.54) is 0 Å². The van der Waals surface area contributed by atoms with Crippen LogP contribution in [0.15, 0.2) is 0 Å². The molecular weight excluding hydrogens is 164 g/mol. The zero-order valence-corrected chi connectivity index (χ0v) is 9.26. The Morgan fingerprint density at radius 3 is 2.46 bits per heavy atom. The Hall–Kier alpha value is -0.570. The molecule has 0 radical (unpaired) electrons. The molecule has 0 atom stereocenters. The van der Waals surface area contributed by atoms with Gasteiger partial charge in [0.15, 0.2) is 0 Å². The van der Waals surface area contributed by atoms with Crippen LogP contribution in [0.2, 0.25) is 0 Å². The van der Waals surface area contributed by atoms with Gasteiger partial charge in [-0.15, -0.1) is 0 Å². The Labute approximate surface area is 81.5 Å². The molecule has 0 aromatic rings. The van der Waals surface area contributed by atoms with Crippen molar-refractivity contribution in [1.29, 1.82) is 0 Å². The lowest BCUT2D eigenvalue weighted by Crippen LogP contribution is -2.38. The monoisotopic (exact) mass is 186 g/mol. The highest BCUT2D eigenvalue weighted by Crippen LogP contribution is 2.02. The van der Waals surface area contributed by atoms with Gasteiger partial charge in [0.05, 0.1) is 0 Å². The van der Waals surface area contributed by atoms with Crippen LogP contribution in [-0.4, -0.2) is 37.0 Å². The second-order valence-corrected chi connectivity index (χ2v) is 3.53. The van der Waals surface area contributed by atoms with Crippen LogP contribution in [-0.2, 0) is 4.79 Å². The number of rotatable bonds is 6. The van der Waals surface area contributed by atoms with Crippen LogP contribution in [0.25, 0.3) is 0 Å². The van der Waals surface area contributed by atoms with Crippen molar-refractivity contribution in [3.8, 4) is 0 Å². The summed E-state index contributed by atoms with van der Waals surface area (Å²) in [6, 6.07) is 0.323. The zero-order chi connectivity index (χ0) is 10.3. The van der Waals surface area contributed by atoms with E-state index in [0.29, 0.717) is 12.5 Å². The minimum absolute atomic E-state index is 0.256. The molecule has 3 heteroatoms. The highest BCUT2D eigenvalue weighted by molar-refractivity contribution is 5.76. The third-order valence-corrected chi connectivity index (χ3v) is 2.00. The van der Waals surface area contributed by atoms with E-state index >= 15 is 0 Å². The summed E-state index contributed by atoms with van der Waals surface area (Å²) in [7, 11) is 1.87. The third-order valence-electron chi connectivity index (χ3n) is 2.00. The van der Waals surface area contributed by atoms with E-state index in [-0.39, 0.29) is 5.91 Å². The minimum atomic E-state index is 0.256. The van der Waals surface area contributed by atoms with Gasteiger partial charge in [0.1, 0.15) is 0 Å². The first kappa shape index (κ1) is 12.4. The number of nitrogens with one attached hydrogen (secondary N) is 1. The average molecular weight is 186 g/mol. The van der Waals surface area contributed by atoms with Gasteiger partial charge in [0.2, 0.25) is 5.91 Å². The van der Waals surface area contributed by atoms with Crippen molar-refractivity contribution in [2.45, 2.75) is 39.7 Å². The Balaban J connectivity index is 3.96. The van der Waals surface area contributed by atoms with E-state index in [9.17, 15) is 4.79 Å². The predicted molar refractivity (Wildman–Crippen MR) is 55.7 cm³/mol. The summed E-state index contributed by atoms with van der Waals surface area (Å²) in [4.78, 5) is 13.6. The molecule has 0 rings (SSSR count). The van der Waals surface area contributed by atoms with Gasteiger partial charge in [-0.1, -0.05) is 6.92 Å². The van der Waals surface area contributed by atoms with Crippen molar-refractivity contribution in [3.63, 3.8) is 0 Å². The van der Waals surface area contributed by atoms with E-state index < -0.39 is 0 Å². The van der Waals surface area contributed by atoms with Gasteiger partial charge in [-0.05, 0) is 27.3 Å². The fourth-order valence-electron chi connectivity index (χ4n) is 1.29. The Bertz CT molecular complexity index is 146. The fraction of sp³-hybridized carbons (Fsp3) is 0.900. The first-order valence-corrected chi connectivity index (χ1v) is 5.07. The molecule has 0 aromatic carbocycles. The van der Waals surface area contributed by atoms with E-state index in [4.69, 9.17) is 0 Å². The summed E-state index contributed by atoms with van der Waals surface area (Å²) < 4.78 is 0. The SMILES string of the molecule is CCCN(C(=O)CCNC)C(C)C. The molecule has 0 spiro atoms. The average Bonchev–Trinajstić information content (AvgIpc) is 2.09. The largest absolute Gasteiger partial charge is 0.340 e. The molecule has 3 nitrogen and oxygen atoms in total. The molecule has 0 bridgehead atoms. The molecule has 0 saturated carbocycles. The van der Waals surface area contributed by atoms with E-state index in [0.717, 1.165) is 19.5 Å². The molecule has 0 aliphatic rings. The molecule has 1 N–H and O–H groups in total. The quantitative estimate of drug-likeness (QED) is 0.677. The van der Waals surface area contributed by atoms with Gasteiger partial charge in [0.25, 0.3) is 0 Å². The number of amides is 1. The van der Waals surface area contributed by atoms with Gasteiger partial charge < -0.3 is 10.2 Å². The molecule has 0 saturated heterocycles. The summed E-state index contributed by atoms with van der Waals surface area (Å²) in [6.07, 6.45) is 1.64. The van der Waals surface area contributed by atoms with Crippen molar-refractivity contribution in [1.82, 2.24) is 10.2 Å². The van der Waals surface area contributed by atoms with Crippen LogP contribution < -0.4 is 5.32 Å². The first-order chi connectivity index (χ1) is 6.13. The lowest BCUT2D eigenvalue weighted by Gasteiger charge is -2.26. The molecule has 0 fully saturated rings. The molecule has 0 aliphatic carbocycles. The molecule has 1 amide bonds. The van der Waals surface area contributed by atoms with E-state index in [2.05, 4.69) is 26.1 Å². The molecule has 0 unspecified atom stereocenters. The summed E-state index contributed by atoms with van der Waals surface area (Å²) in [5.74, 6) is 0.256. The maximum atomic E-state index is 11.6. The summed E-state index contributed by atoms with van der Waals surface area (Å²) in [5.41, 5.74) is 0. The lowest BCUT2D eigenvalue weighted by molar-refractivity contribution is -0.132. The van der Waals surface area contributed by atoms with Crippen molar-refractivity contribution >= 4 is 5.91 Å². The van der Waals surface area contributed by atoms with Crippen molar-refractivity contribution in [2.24, 2.45) is 0 Å². The zero-order valence-electron chi connectivity index (χ0n) is 9.26. The Morgan fingerprint density at radius 2 is 2.08 bits per heavy atom. The summed E-state index contributed by atoms with van der Waals surface area (Å²) >= 11 is 0. The number of carbonyl (C=O) groups is 1. The van der Waals surface area contributed by atoms with Crippen LogP contribution in [0.5, 0.6) is 0 Å². The molecule has 0 heterocycles. The second-order valence-electron chi connectivity index (χ2n) is 3.53. The summed E-state index contributed by atoms with van der Waals surface area (Å²) in [6.45, 7) is 7.87. The third kappa shape index (κ3) is 4.88. The number of nitrogens with zero attached hydrogens (tertiary/aromatic N) is 1. The van der Waals surface area contributed by atoms with Crippen LogP contribution >= 0.6 is 0 Å². The topological polar surface area (TPSA) is 32.3 Å². The van der Waals surface area contributed by atoms with Gasteiger partial charge in [-0.3, -0.25) is 4.79 Å². The van der Waals surface area contributed by atoms with Crippen LogP contribution in [0, 0.1) is 0 Å². The van der Waals surface area contributed by atoms with Gasteiger partial charge >= 0.3 is 0 Å². The van der Waals surface area contributed by atoms with Crippen molar-refractivity contribution in [2.75, 3.05) is 20.1 Å². The van der Waals surface area contributed by atoms with Gasteiger partial charge in [0, 0.05) is 25.6 Å². The maximum absolute atomic E-state index is 11.6. The number of hydrogen-bond acceptors (Lipinski definition) is 2. The van der Waals surface area contributed by atoms with E-state index in [1.54, 1.807) is 0 Å². The normalized spacial score (nSPS) is 10.5. The van der Waals surface area contributed by atoms with Crippen molar-refractivity contribution < 1.29 is 4.79 Å². The maximum Gasteiger partial charge on any atom is 0.224 e. The van der Waals surface area contributed by atoms with Crippen LogP contribution in [0.4, 0.5) is 0 Å². The smallest absolute Gasteiger partial charge is 0.224 e. The number of carbonyl (C=O) groups excluding carboxylic acids is 1. The molecule has 0 aliphatic heterocycles. The second kappa shape index (κ2) is 6.89. The highest BCUT2D eigenvalue weighted by atomic mass is 16.2. The Morgan fingerprint density at radius 1 is 1.46 bits per heavy atom. The highest BCUT2D eigenvalue weighted by Gasteiger charge is 2.14. The van der Waals surface area contributed by atoms with E-state index in [1.807, 2.05) is 11.9 Å². The molecule has 13 heavy (non-hydrogen) atoms. The Kier molecular flexibility index (Phi) is 6.59. The standard InChI is InChI=1S/C10H22N2O/c1-5-8-12(9(2)3)10(13)6-7-11-4/h9,11H,5-8H2,1-4H3. The van der Waals surface area contributed by atoms with Crippen LogP contribution in [0.3, 0.4) is 0 Å². The lowest BCUT2D eigenvalue weighted by atomic mass is 10.2. The van der Waals surface area contributed by atoms with Crippen molar-refractivity contribution in [3.05, 3.63) is 0 Å². The molecule has 0 aromatic heterocycles. The molecule has 78 valence electrons. The van der Waals surface area contributed by atoms with Crippen LogP contribution in [0.1, 0.15) is 33.6 Å². The minimum Gasteiger partial charge on any atom is -0.340 e. The number of hydrogen-bond donors (Lipinski definition) is 1. The van der Waals surface area contributed by atoms with Gasteiger partial charge in [-0.2, -0.15) is 0 Å². The van der Waals surface area contributed by atoms with Gasteiger partial charge in [-0.25, -0.2) is 0 Å².